The third kappa shape index (κ3) is 4.75. The Balaban J connectivity index is 0.000000321. The number of ether oxygens (including phenoxy) is 1. The van der Waals surface area contributed by atoms with Crippen molar-refractivity contribution in [1.29, 1.82) is 0 Å². The van der Waals surface area contributed by atoms with Gasteiger partial charge >= 0.3 is 15.6 Å². The first-order valence-electron chi connectivity index (χ1n) is 8.96. The van der Waals surface area contributed by atoms with E-state index in [2.05, 4.69) is 71.9 Å². The molecule has 1 aliphatic heterocycles. The van der Waals surface area contributed by atoms with E-state index in [0.29, 0.717) is 5.92 Å². The van der Waals surface area contributed by atoms with Gasteiger partial charge in [-0.05, 0) is 63.8 Å². The summed E-state index contributed by atoms with van der Waals surface area (Å²) in [6, 6.07) is 11.2. The number of hydrogen-bond donors (Lipinski definition) is 1. The lowest BCUT2D eigenvalue weighted by atomic mass is 9.79. The highest BCUT2D eigenvalue weighted by Gasteiger charge is 2.45. The Morgan fingerprint density at radius 1 is 1.00 bits per heavy atom. The smallest absolute Gasteiger partial charge is 0.486 e. The van der Waals surface area contributed by atoms with E-state index in [9.17, 15) is 13.2 Å². The van der Waals surface area contributed by atoms with Crippen molar-refractivity contribution in [2.24, 2.45) is 0 Å². The molecule has 1 unspecified atom stereocenters. The monoisotopic (exact) mass is 430 g/mol. The van der Waals surface area contributed by atoms with E-state index in [1.54, 1.807) is 0 Å². The molecule has 160 valence electrons. The quantitative estimate of drug-likeness (QED) is 0.471. The molecule has 0 saturated heterocycles. The van der Waals surface area contributed by atoms with Crippen molar-refractivity contribution < 1.29 is 30.9 Å². The van der Waals surface area contributed by atoms with Gasteiger partial charge in [-0.1, -0.05) is 35.9 Å². The van der Waals surface area contributed by atoms with Crippen molar-refractivity contribution >= 4 is 10.1 Å². The SMILES string of the molecule is Cc1ccc(C2c3c(C)cc(C)c(C)c3OC2(C)C)cc1.O=S(=O)(O)C(F)(F)F. The van der Waals surface area contributed by atoms with Crippen LogP contribution in [-0.4, -0.2) is 24.1 Å². The van der Waals surface area contributed by atoms with E-state index in [0.717, 1.165) is 5.75 Å². The van der Waals surface area contributed by atoms with Gasteiger partial charge in [0.05, 0.1) is 5.92 Å². The Bertz CT molecular complexity index is 1010. The zero-order chi connectivity index (χ0) is 22.4. The summed E-state index contributed by atoms with van der Waals surface area (Å²) in [6.07, 6.45) is 0. The second kappa shape index (κ2) is 7.65. The Labute approximate surface area is 169 Å². The summed E-state index contributed by atoms with van der Waals surface area (Å²) in [4.78, 5) is 0. The average Bonchev–Trinajstić information content (AvgIpc) is 2.84. The second-order valence-corrected chi connectivity index (χ2v) is 9.26. The highest BCUT2D eigenvalue weighted by Crippen LogP contribution is 2.51. The van der Waals surface area contributed by atoms with Crippen molar-refractivity contribution in [3.8, 4) is 5.75 Å². The topological polar surface area (TPSA) is 63.6 Å². The summed E-state index contributed by atoms with van der Waals surface area (Å²) >= 11 is 0. The van der Waals surface area contributed by atoms with Gasteiger partial charge in [0.1, 0.15) is 11.4 Å². The first-order valence-corrected chi connectivity index (χ1v) is 10.4. The van der Waals surface area contributed by atoms with Crippen LogP contribution in [0.3, 0.4) is 0 Å². The van der Waals surface area contributed by atoms with Crippen LogP contribution >= 0.6 is 0 Å². The van der Waals surface area contributed by atoms with E-state index in [4.69, 9.17) is 17.7 Å². The molecule has 1 N–H and O–H groups in total. The fraction of sp³-hybridized carbons (Fsp3) is 0.429. The summed E-state index contributed by atoms with van der Waals surface area (Å²) in [5.74, 6) is 1.40. The van der Waals surface area contributed by atoms with Crippen molar-refractivity contribution in [2.75, 3.05) is 0 Å². The van der Waals surface area contributed by atoms with Crippen molar-refractivity contribution in [3.63, 3.8) is 0 Å². The van der Waals surface area contributed by atoms with E-state index < -0.39 is 15.6 Å². The fourth-order valence-electron chi connectivity index (χ4n) is 3.56. The van der Waals surface area contributed by atoms with Gasteiger partial charge in [0.15, 0.2) is 0 Å². The van der Waals surface area contributed by atoms with Crippen LogP contribution < -0.4 is 4.74 Å². The van der Waals surface area contributed by atoms with Gasteiger partial charge in [-0.3, -0.25) is 4.55 Å². The summed E-state index contributed by atoms with van der Waals surface area (Å²) in [5, 5.41) is 0. The molecule has 0 radical (unpaired) electrons. The molecule has 0 fully saturated rings. The fourth-order valence-corrected chi connectivity index (χ4v) is 3.56. The molecule has 0 amide bonds. The van der Waals surface area contributed by atoms with E-state index in [1.807, 2.05) is 0 Å². The molecule has 0 bridgehead atoms. The number of alkyl halides is 3. The van der Waals surface area contributed by atoms with Crippen molar-refractivity contribution in [2.45, 2.75) is 58.6 Å². The summed E-state index contributed by atoms with van der Waals surface area (Å²) in [7, 11) is -5.84. The van der Waals surface area contributed by atoms with Crippen molar-refractivity contribution in [1.82, 2.24) is 0 Å². The summed E-state index contributed by atoms with van der Waals surface area (Å²) in [6.45, 7) is 13.1. The van der Waals surface area contributed by atoms with E-state index >= 15 is 0 Å². The molecular weight excluding hydrogens is 405 g/mol. The van der Waals surface area contributed by atoms with Crippen molar-refractivity contribution in [3.05, 3.63) is 63.7 Å². The molecule has 2 aromatic rings. The third-order valence-electron chi connectivity index (χ3n) is 5.09. The number of benzene rings is 2. The van der Waals surface area contributed by atoms with Crippen LogP contribution in [0.1, 0.15) is 53.1 Å². The van der Waals surface area contributed by atoms with Gasteiger partial charge < -0.3 is 4.74 Å². The lowest BCUT2D eigenvalue weighted by molar-refractivity contribution is -0.0510. The minimum atomic E-state index is -5.84. The van der Waals surface area contributed by atoms with Gasteiger partial charge in [0, 0.05) is 5.56 Å². The molecule has 0 saturated carbocycles. The van der Waals surface area contributed by atoms with Crippen LogP contribution in [0.25, 0.3) is 0 Å². The second-order valence-electron chi connectivity index (χ2n) is 7.85. The molecule has 8 heteroatoms. The van der Waals surface area contributed by atoms with E-state index in [-0.39, 0.29) is 5.60 Å². The molecule has 0 aromatic heterocycles. The van der Waals surface area contributed by atoms with Gasteiger partial charge in [0.25, 0.3) is 0 Å². The Kier molecular flexibility index (Phi) is 6.12. The Morgan fingerprint density at radius 3 is 1.93 bits per heavy atom. The molecule has 0 spiro atoms. The van der Waals surface area contributed by atoms with Gasteiger partial charge in [0.2, 0.25) is 0 Å². The van der Waals surface area contributed by atoms with Gasteiger partial charge in [-0.2, -0.15) is 21.6 Å². The van der Waals surface area contributed by atoms with Gasteiger partial charge in [-0.15, -0.1) is 0 Å². The number of halogens is 3. The molecule has 3 rings (SSSR count). The molecular formula is C21H25F3O4S. The summed E-state index contributed by atoms with van der Waals surface area (Å²) < 4.78 is 63.9. The number of aryl methyl sites for hydroxylation is 3. The first-order chi connectivity index (χ1) is 13.1. The maximum atomic E-state index is 10.7. The average molecular weight is 430 g/mol. The Morgan fingerprint density at radius 2 is 1.48 bits per heavy atom. The molecule has 1 atom stereocenters. The van der Waals surface area contributed by atoms with Crippen LogP contribution in [0.2, 0.25) is 0 Å². The summed E-state index contributed by atoms with van der Waals surface area (Å²) in [5.41, 5.74) is 2.19. The number of hydrogen-bond acceptors (Lipinski definition) is 3. The minimum Gasteiger partial charge on any atom is -0.486 e. The maximum absolute atomic E-state index is 10.7. The molecule has 1 aliphatic rings. The van der Waals surface area contributed by atoms with Crippen LogP contribution in [-0.2, 0) is 10.1 Å². The van der Waals surface area contributed by atoms with Crippen LogP contribution in [0.4, 0.5) is 13.2 Å². The predicted octanol–water partition coefficient (Wildman–Crippen LogP) is 5.62. The number of rotatable bonds is 1. The lowest BCUT2D eigenvalue weighted by Gasteiger charge is -2.27. The molecule has 4 nitrogen and oxygen atoms in total. The standard InChI is InChI=1S/C20H24O.CHF3O3S/c1-12-7-9-16(10-8-12)18-17-14(3)11-13(2)15(4)19(17)21-20(18,5)6;2-1(3,4)8(5,6)7/h7-11,18H,1-6H3;(H,5,6,7). The van der Waals surface area contributed by atoms with E-state index in [1.165, 1.54) is 33.4 Å². The van der Waals surface area contributed by atoms with Crippen LogP contribution in [0, 0.1) is 27.7 Å². The normalized spacial score (nSPS) is 17.8. The molecule has 1 heterocycles. The lowest BCUT2D eigenvalue weighted by Crippen LogP contribution is -2.31. The highest BCUT2D eigenvalue weighted by atomic mass is 32.2. The highest BCUT2D eigenvalue weighted by molar-refractivity contribution is 7.86. The van der Waals surface area contributed by atoms with Crippen LogP contribution in [0.5, 0.6) is 5.75 Å². The zero-order valence-electron chi connectivity index (χ0n) is 17.2. The molecule has 0 aliphatic carbocycles. The molecule has 2 aromatic carbocycles. The Hall–Kier alpha value is -2.06. The maximum Gasteiger partial charge on any atom is 0.522 e. The van der Waals surface area contributed by atoms with Gasteiger partial charge in [-0.25, -0.2) is 0 Å². The molecule has 29 heavy (non-hydrogen) atoms. The minimum absolute atomic E-state index is 0.207. The third-order valence-corrected chi connectivity index (χ3v) is 5.67. The zero-order valence-corrected chi connectivity index (χ0v) is 18.0. The van der Waals surface area contributed by atoms with Crippen LogP contribution in [0.15, 0.2) is 30.3 Å². The predicted molar refractivity (Wildman–Crippen MR) is 106 cm³/mol. The largest absolute Gasteiger partial charge is 0.522 e. The number of fused-ring (bicyclic) bond motifs is 1. The first kappa shape index (κ1) is 23.2.